The normalized spacial score (nSPS) is 15.8. The van der Waals surface area contributed by atoms with Crippen LogP contribution in [0.1, 0.15) is 24.2 Å². The zero-order chi connectivity index (χ0) is 15.8. The zero-order valence-corrected chi connectivity index (χ0v) is 13.3. The average molecular weight is 323 g/mol. The van der Waals surface area contributed by atoms with Gasteiger partial charge >= 0.3 is 0 Å². The highest BCUT2D eigenvalue weighted by atomic mass is 35.5. The molecule has 0 N–H and O–H groups in total. The molecule has 2 aromatic carbocycles. The predicted molar refractivity (Wildman–Crippen MR) is 94.6 cm³/mol. The van der Waals surface area contributed by atoms with Gasteiger partial charge < -0.3 is 0 Å². The number of allylic oxidation sites excluding steroid dienone is 1. The fourth-order valence-electron chi connectivity index (χ4n) is 3.08. The number of hydrogen-bond acceptors (Lipinski definition) is 2. The molecule has 2 heterocycles. The Morgan fingerprint density at radius 3 is 2.74 bits per heavy atom. The van der Waals surface area contributed by atoms with Gasteiger partial charge in [0.05, 0.1) is 10.9 Å². The molecule has 1 aliphatic rings. The maximum absolute atomic E-state index is 12.7. The van der Waals surface area contributed by atoms with E-state index in [1.54, 1.807) is 4.57 Å². The first kappa shape index (κ1) is 14.2. The summed E-state index contributed by atoms with van der Waals surface area (Å²) in [5, 5.41) is 1.38. The summed E-state index contributed by atoms with van der Waals surface area (Å²) < 4.78 is 1.79. The first-order valence-corrected chi connectivity index (χ1v) is 8.07. The molecule has 0 bridgehead atoms. The highest BCUT2D eigenvalue weighted by Crippen LogP contribution is 2.28. The van der Waals surface area contributed by atoms with E-state index in [1.165, 1.54) is 0 Å². The van der Waals surface area contributed by atoms with E-state index in [4.69, 9.17) is 16.6 Å². The van der Waals surface area contributed by atoms with Crippen molar-refractivity contribution in [2.75, 3.05) is 0 Å². The summed E-state index contributed by atoms with van der Waals surface area (Å²) in [7, 11) is 0. The Bertz CT molecular complexity index is 988. The van der Waals surface area contributed by atoms with E-state index < -0.39 is 0 Å². The highest BCUT2D eigenvalue weighted by Gasteiger charge is 2.18. The van der Waals surface area contributed by atoms with Gasteiger partial charge in [0.15, 0.2) is 0 Å². The molecule has 0 amide bonds. The van der Waals surface area contributed by atoms with E-state index in [0.717, 1.165) is 35.3 Å². The van der Waals surface area contributed by atoms with Gasteiger partial charge in [0.1, 0.15) is 5.82 Å². The Hall–Kier alpha value is -2.39. The zero-order valence-electron chi connectivity index (χ0n) is 12.5. The van der Waals surface area contributed by atoms with E-state index in [9.17, 15) is 4.79 Å². The van der Waals surface area contributed by atoms with E-state index >= 15 is 0 Å². The molecule has 4 rings (SSSR count). The van der Waals surface area contributed by atoms with Crippen LogP contribution in [-0.2, 0) is 6.54 Å². The fraction of sp³-hybridized carbons (Fsp3) is 0.158. The Labute approximate surface area is 138 Å². The minimum Gasteiger partial charge on any atom is -0.292 e. The number of nitrogens with zero attached hydrogens (tertiary/aromatic N) is 2. The maximum atomic E-state index is 12.7. The molecule has 3 nitrogen and oxygen atoms in total. The molecule has 0 aliphatic carbocycles. The molecule has 114 valence electrons. The largest absolute Gasteiger partial charge is 0.292 e. The van der Waals surface area contributed by atoms with Crippen LogP contribution in [0.3, 0.4) is 0 Å². The van der Waals surface area contributed by atoms with Gasteiger partial charge in [0.25, 0.3) is 5.56 Å². The highest BCUT2D eigenvalue weighted by molar-refractivity contribution is 6.32. The maximum Gasteiger partial charge on any atom is 0.261 e. The van der Waals surface area contributed by atoms with E-state index in [0.29, 0.717) is 17.0 Å². The lowest BCUT2D eigenvalue weighted by atomic mass is 10.0. The number of rotatable bonds is 1. The van der Waals surface area contributed by atoms with Crippen LogP contribution in [0.15, 0.2) is 53.3 Å². The van der Waals surface area contributed by atoms with Crippen molar-refractivity contribution in [1.29, 1.82) is 0 Å². The molecule has 4 heteroatoms. The lowest BCUT2D eigenvalue weighted by molar-refractivity contribution is 0.587. The van der Waals surface area contributed by atoms with Crippen LogP contribution in [-0.4, -0.2) is 9.55 Å². The van der Waals surface area contributed by atoms with Gasteiger partial charge in [-0.25, -0.2) is 4.98 Å². The van der Waals surface area contributed by atoms with Crippen molar-refractivity contribution < 1.29 is 0 Å². The molecule has 0 atom stereocenters. The summed E-state index contributed by atoms with van der Waals surface area (Å²) in [6.45, 7) is 0.714. The minimum atomic E-state index is 0.0374. The lowest BCUT2D eigenvalue weighted by Gasteiger charge is -2.21. The summed E-state index contributed by atoms with van der Waals surface area (Å²) in [6, 6.07) is 15.2. The number of halogens is 1. The van der Waals surface area contributed by atoms with Gasteiger partial charge in [-0.05, 0) is 48.3 Å². The number of hydrogen-bond donors (Lipinski definition) is 0. The van der Waals surface area contributed by atoms with Crippen LogP contribution in [0.25, 0.3) is 22.6 Å². The molecule has 0 fully saturated rings. The SMILES string of the molecule is O=c1c2ccccc2nc2n1CCC/C2=C\c1ccccc1Cl. The van der Waals surface area contributed by atoms with Crippen molar-refractivity contribution in [3.8, 4) is 0 Å². The van der Waals surface area contributed by atoms with Crippen LogP contribution >= 0.6 is 11.6 Å². The van der Waals surface area contributed by atoms with Crippen molar-refractivity contribution in [1.82, 2.24) is 9.55 Å². The third-order valence-corrected chi connectivity index (χ3v) is 4.56. The Morgan fingerprint density at radius 2 is 1.87 bits per heavy atom. The summed E-state index contributed by atoms with van der Waals surface area (Å²) in [5.74, 6) is 0.764. The average Bonchev–Trinajstić information content (AvgIpc) is 2.58. The molecular weight excluding hydrogens is 308 g/mol. The molecule has 0 unspecified atom stereocenters. The van der Waals surface area contributed by atoms with Gasteiger partial charge in [-0.15, -0.1) is 0 Å². The lowest BCUT2D eigenvalue weighted by Crippen LogP contribution is -2.27. The van der Waals surface area contributed by atoms with Crippen LogP contribution in [0, 0.1) is 0 Å². The minimum absolute atomic E-state index is 0.0374. The summed E-state index contributed by atoms with van der Waals surface area (Å²) in [4.78, 5) is 17.4. The van der Waals surface area contributed by atoms with Crippen molar-refractivity contribution in [2.45, 2.75) is 19.4 Å². The van der Waals surface area contributed by atoms with Gasteiger partial charge in [-0.2, -0.15) is 0 Å². The molecule has 23 heavy (non-hydrogen) atoms. The monoisotopic (exact) mass is 322 g/mol. The third kappa shape index (κ3) is 2.47. The second kappa shape index (κ2) is 5.67. The third-order valence-electron chi connectivity index (χ3n) is 4.21. The predicted octanol–water partition coefficient (Wildman–Crippen LogP) is 4.38. The van der Waals surface area contributed by atoms with Gasteiger partial charge in [-0.3, -0.25) is 9.36 Å². The van der Waals surface area contributed by atoms with Crippen molar-refractivity contribution in [3.63, 3.8) is 0 Å². The Kier molecular flexibility index (Phi) is 3.50. The van der Waals surface area contributed by atoms with Crippen LogP contribution in [0.4, 0.5) is 0 Å². The molecule has 0 spiro atoms. The van der Waals surface area contributed by atoms with Crippen molar-refractivity contribution in [3.05, 3.63) is 75.3 Å². The fourth-order valence-corrected chi connectivity index (χ4v) is 3.27. The molecule has 1 aliphatic heterocycles. The molecule has 0 saturated carbocycles. The molecule has 0 saturated heterocycles. The molecule has 3 aromatic rings. The van der Waals surface area contributed by atoms with Gasteiger partial charge in [0, 0.05) is 11.6 Å². The smallest absolute Gasteiger partial charge is 0.261 e. The first-order valence-electron chi connectivity index (χ1n) is 7.69. The quantitative estimate of drug-likeness (QED) is 0.666. The van der Waals surface area contributed by atoms with Crippen LogP contribution < -0.4 is 5.56 Å². The van der Waals surface area contributed by atoms with E-state index in [1.807, 2.05) is 48.5 Å². The molecule has 1 aromatic heterocycles. The molecular formula is C19H15ClN2O. The van der Waals surface area contributed by atoms with E-state index in [-0.39, 0.29) is 5.56 Å². The summed E-state index contributed by atoms with van der Waals surface area (Å²) in [6.07, 6.45) is 3.88. The summed E-state index contributed by atoms with van der Waals surface area (Å²) in [5.41, 5.74) is 2.80. The van der Waals surface area contributed by atoms with E-state index in [2.05, 4.69) is 6.08 Å². The second-order valence-electron chi connectivity index (χ2n) is 5.70. The van der Waals surface area contributed by atoms with Crippen molar-refractivity contribution >= 4 is 34.2 Å². The topological polar surface area (TPSA) is 34.9 Å². The first-order chi connectivity index (χ1) is 11.2. The number of para-hydroxylation sites is 1. The second-order valence-corrected chi connectivity index (χ2v) is 6.11. The summed E-state index contributed by atoms with van der Waals surface area (Å²) >= 11 is 6.26. The number of aromatic nitrogens is 2. The number of benzene rings is 2. The molecule has 0 radical (unpaired) electrons. The van der Waals surface area contributed by atoms with Gasteiger partial charge in [0.2, 0.25) is 0 Å². The van der Waals surface area contributed by atoms with Gasteiger partial charge in [-0.1, -0.05) is 41.9 Å². The van der Waals surface area contributed by atoms with Crippen LogP contribution in [0.5, 0.6) is 0 Å². The number of fused-ring (bicyclic) bond motifs is 2. The van der Waals surface area contributed by atoms with Crippen molar-refractivity contribution in [2.24, 2.45) is 0 Å². The van der Waals surface area contributed by atoms with Crippen LogP contribution in [0.2, 0.25) is 5.02 Å². The Morgan fingerprint density at radius 1 is 1.09 bits per heavy atom. The standard InChI is InChI=1S/C19H15ClN2O/c20-16-9-3-1-6-13(16)12-14-7-5-11-22-18(14)21-17-10-4-2-8-15(17)19(22)23/h1-4,6,8-10,12H,5,7,11H2/b14-12+. The Balaban J connectivity index is 1.95.